The highest BCUT2D eigenvalue weighted by Crippen LogP contribution is 2.18. The van der Waals surface area contributed by atoms with Gasteiger partial charge in [0, 0.05) is 23.8 Å². The van der Waals surface area contributed by atoms with E-state index in [0.29, 0.717) is 30.4 Å². The van der Waals surface area contributed by atoms with Gasteiger partial charge in [0.05, 0.1) is 6.54 Å². The van der Waals surface area contributed by atoms with E-state index in [1.807, 2.05) is 6.92 Å². The van der Waals surface area contributed by atoms with E-state index in [4.69, 9.17) is 0 Å². The predicted molar refractivity (Wildman–Crippen MR) is 74.1 cm³/mol. The van der Waals surface area contributed by atoms with Crippen molar-refractivity contribution >= 4 is 17.5 Å². The number of carbonyl (C=O) groups excluding carboxylic acids is 2. The predicted octanol–water partition coefficient (Wildman–Crippen LogP) is 1.13. The number of anilines is 1. The Hall–Kier alpha value is -1.88. The molecule has 0 spiro atoms. The summed E-state index contributed by atoms with van der Waals surface area (Å²) >= 11 is 0. The fourth-order valence-electron chi connectivity index (χ4n) is 1.73. The molecule has 0 heterocycles. The topological polar surface area (TPSA) is 70.2 Å². The SMILES string of the molecule is CCNC(=O)c1cccc(NC(=O)CNC2CC2)c1. The standard InChI is InChI=1S/C14H19N3O2/c1-2-15-14(19)10-4-3-5-12(8-10)17-13(18)9-16-11-6-7-11/h3-5,8,11,16H,2,6-7,9H2,1H3,(H,15,19)(H,17,18). The second-order valence-electron chi connectivity index (χ2n) is 4.64. The molecular formula is C14H19N3O2. The molecule has 102 valence electrons. The van der Waals surface area contributed by atoms with Crippen molar-refractivity contribution in [3.8, 4) is 0 Å². The summed E-state index contributed by atoms with van der Waals surface area (Å²) in [4.78, 5) is 23.3. The quantitative estimate of drug-likeness (QED) is 0.719. The van der Waals surface area contributed by atoms with E-state index in [-0.39, 0.29) is 11.8 Å². The third-order valence-electron chi connectivity index (χ3n) is 2.87. The van der Waals surface area contributed by atoms with E-state index in [9.17, 15) is 9.59 Å². The number of benzene rings is 1. The van der Waals surface area contributed by atoms with Gasteiger partial charge in [0.2, 0.25) is 5.91 Å². The Morgan fingerprint density at radius 1 is 1.32 bits per heavy atom. The van der Waals surface area contributed by atoms with Gasteiger partial charge < -0.3 is 16.0 Å². The molecule has 1 saturated carbocycles. The van der Waals surface area contributed by atoms with E-state index in [1.165, 1.54) is 0 Å². The summed E-state index contributed by atoms with van der Waals surface area (Å²) in [6.07, 6.45) is 2.31. The van der Waals surface area contributed by atoms with Crippen molar-refractivity contribution in [3.63, 3.8) is 0 Å². The molecule has 1 aliphatic rings. The van der Waals surface area contributed by atoms with Crippen molar-refractivity contribution in [2.75, 3.05) is 18.4 Å². The highest BCUT2D eigenvalue weighted by atomic mass is 16.2. The molecule has 0 radical (unpaired) electrons. The van der Waals surface area contributed by atoms with E-state index in [2.05, 4.69) is 16.0 Å². The lowest BCUT2D eigenvalue weighted by Crippen LogP contribution is -2.29. The zero-order valence-electron chi connectivity index (χ0n) is 11.0. The van der Waals surface area contributed by atoms with Crippen molar-refractivity contribution in [1.29, 1.82) is 0 Å². The van der Waals surface area contributed by atoms with Gasteiger partial charge >= 0.3 is 0 Å². The molecule has 0 saturated heterocycles. The second kappa shape index (κ2) is 6.33. The Balaban J connectivity index is 1.89. The summed E-state index contributed by atoms with van der Waals surface area (Å²) in [7, 11) is 0. The molecule has 5 heteroatoms. The van der Waals surface area contributed by atoms with Crippen LogP contribution in [-0.4, -0.2) is 30.9 Å². The lowest BCUT2D eigenvalue weighted by Gasteiger charge is -2.08. The van der Waals surface area contributed by atoms with Crippen molar-refractivity contribution in [2.24, 2.45) is 0 Å². The molecule has 0 atom stereocenters. The van der Waals surface area contributed by atoms with Crippen LogP contribution in [0, 0.1) is 0 Å². The maximum Gasteiger partial charge on any atom is 0.251 e. The lowest BCUT2D eigenvalue weighted by atomic mass is 10.2. The normalized spacial score (nSPS) is 13.9. The van der Waals surface area contributed by atoms with Gasteiger partial charge in [-0.15, -0.1) is 0 Å². The minimum absolute atomic E-state index is 0.0834. The molecule has 5 nitrogen and oxygen atoms in total. The molecule has 19 heavy (non-hydrogen) atoms. The van der Waals surface area contributed by atoms with Crippen LogP contribution in [0.3, 0.4) is 0 Å². The van der Waals surface area contributed by atoms with Crippen LogP contribution in [0.15, 0.2) is 24.3 Å². The van der Waals surface area contributed by atoms with Crippen LogP contribution in [0.1, 0.15) is 30.1 Å². The maximum absolute atomic E-state index is 11.7. The molecule has 3 N–H and O–H groups in total. The summed E-state index contributed by atoms with van der Waals surface area (Å²) in [5.74, 6) is -0.213. The summed E-state index contributed by atoms with van der Waals surface area (Å²) in [5.41, 5.74) is 1.20. The Kier molecular flexibility index (Phi) is 4.52. The molecule has 1 aromatic carbocycles. The van der Waals surface area contributed by atoms with Crippen molar-refractivity contribution in [3.05, 3.63) is 29.8 Å². The van der Waals surface area contributed by atoms with Crippen molar-refractivity contribution in [1.82, 2.24) is 10.6 Å². The Morgan fingerprint density at radius 3 is 2.79 bits per heavy atom. The Labute approximate surface area is 112 Å². The van der Waals surface area contributed by atoms with Crippen molar-refractivity contribution < 1.29 is 9.59 Å². The van der Waals surface area contributed by atoms with Crippen LogP contribution in [0.25, 0.3) is 0 Å². The van der Waals surface area contributed by atoms with Crippen LogP contribution in [0.2, 0.25) is 0 Å². The van der Waals surface area contributed by atoms with Gasteiger partial charge in [-0.1, -0.05) is 6.07 Å². The molecule has 0 unspecified atom stereocenters. The number of nitrogens with one attached hydrogen (secondary N) is 3. The first-order valence-electron chi connectivity index (χ1n) is 6.60. The lowest BCUT2D eigenvalue weighted by molar-refractivity contribution is -0.115. The molecule has 1 fully saturated rings. The molecule has 1 aromatic rings. The van der Waals surface area contributed by atoms with Gasteiger partial charge in [-0.2, -0.15) is 0 Å². The van der Waals surface area contributed by atoms with Crippen LogP contribution >= 0.6 is 0 Å². The molecule has 0 aliphatic heterocycles. The zero-order chi connectivity index (χ0) is 13.7. The monoisotopic (exact) mass is 261 g/mol. The van der Waals surface area contributed by atoms with Crippen molar-refractivity contribution in [2.45, 2.75) is 25.8 Å². The average molecular weight is 261 g/mol. The highest BCUT2D eigenvalue weighted by molar-refractivity contribution is 5.97. The largest absolute Gasteiger partial charge is 0.352 e. The number of hydrogen-bond acceptors (Lipinski definition) is 3. The molecule has 2 rings (SSSR count). The fraction of sp³-hybridized carbons (Fsp3) is 0.429. The van der Waals surface area contributed by atoms with Gasteiger partial charge in [0.25, 0.3) is 5.91 Å². The Bertz CT molecular complexity index is 470. The number of hydrogen-bond donors (Lipinski definition) is 3. The molecule has 0 aromatic heterocycles. The first kappa shape index (κ1) is 13.5. The third kappa shape index (κ3) is 4.37. The summed E-state index contributed by atoms with van der Waals surface area (Å²) in [6, 6.07) is 7.45. The van der Waals surface area contributed by atoms with E-state index in [1.54, 1.807) is 24.3 Å². The first-order valence-corrected chi connectivity index (χ1v) is 6.60. The number of rotatable bonds is 6. The smallest absolute Gasteiger partial charge is 0.251 e. The average Bonchev–Trinajstić information content (AvgIpc) is 3.21. The molecule has 2 amide bonds. The summed E-state index contributed by atoms with van der Waals surface area (Å²) in [6.45, 7) is 2.77. The van der Waals surface area contributed by atoms with Crippen LogP contribution in [-0.2, 0) is 4.79 Å². The van der Waals surface area contributed by atoms with Crippen LogP contribution in [0.4, 0.5) is 5.69 Å². The zero-order valence-corrected chi connectivity index (χ0v) is 11.0. The van der Waals surface area contributed by atoms with E-state index >= 15 is 0 Å². The number of amides is 2. The van der Waals surface area contributed by atoms with E-state index in [0.717, 1.165) is 12.8 Å². The van der Waals surface area contributed by atoms with Crippen LogP contribution < -0.4 is 16.0 Å². The maximum atomic E-state index is 11.7. The molecule has 1 aliphatic carbocycles. The first-order chi connectivity index (χ1) is 9.19. The second-order valence-corrected chi connectivity index (χ2v) is 4.64. The molecule has 0 bridgehead atoms. The van der Waals surface area contributed by atoms with Gasteiger partial charge in [-0.3, -0.25) is 9.59 Å². The molecular weight excluding hydrogens is 242 g/mol. The minimum Gasteiger partial charge on any atom is -0.352 e. The number of carbonyl (C=O) groups is 2. The van der Waals surface area contributed by atoms with Gasteiger partial charge in [-0.05, 0) is 38.0 Å². The fourth-order valence-corrected chi connectivity index (χ4v) is 1.73. The third-order valence-corrected chi connectivity index (χ3v) is 2.87. The highest BCUT2D eigenvalue weighted by Gasteiger charge is 2.21. The van der Waals surface area contributed by atoms with Crippen LogP contribution in [0.5, 0.6) is 0 Å². The minimum atomic E-state index is -0.130. The Morgan fingerprint density at radius 2 is 2.11 bits per heavy atom. The van der Waals surface area contributed by atoms with Gasteiger partial charge in [0.1, 0.15) is 0 Å². The van der Waals surface area contributed by atoms with E-state index < -0.39 is 0 Å². The summed E-state index contributed by atoms with van der Waals surface area (Å²) in [5, 5.41) is 8.65. The van der Waals surface area contributed by atoms with Gasteiger partial charge in [-0.25, -0.2) is 0 Å². The summed E-state index contributed by atoms with van der Waals surface area (Å²) < 4.78 is 0. The van der Waals surface area contributed by atoms with Gasteiger partial charge in [0.15, 0.2) is 0 Å².